The fourth-order valence-electron chi connectivity index (χ4n) is 6.27. The molecule has 1 aromatic heterocycles. The van der Waals surface area contributed by atoms with Crippen molar-refractivity contribution in [1.29, 1.82) is 0 Å². The van der Waals surface area contributed by atoms with Crippen molar-refractivity contribution in [1.82, 2.24) is 20.9 Å². The Morgan fingerprint density at radius 1 is 0.889 bits per heavy atom. The van der Waals surface area contributed by atoms with E-state index in [1.807, 2.05) is 45.9 Å². The second-order valence-corrected chi connectivity index (χ2v) is 12.3. The molecule has 0 saturated carbocycles. The molecule has 0 spiro atoms. The molecule has 3 aliphatic rings. The molecule has 0 aliphatic carbocycles. The Morgan fingerprint density at radius 3 is 2.20 bits per heavy atom. The topological polar surface area (TPSA) is 161 Å². The second kappa shape index (κ2) is 14.5. The fraction of sp³-hybridized carbons (Fsp3) is 0.394. The lowest BCUT2D eigenvalue weighted by atomic mass is 9.94. The highest BCUT2D eigenvalue weighted by Crippen LogP contribution is 2.36. The van der Waals surface area contributed by atoms with Gasteiger partial charge in [0.25, 0.3) is 5.91 Å². The van der Waals surface area contributed by atoms with Gasteiger partial charge in [-0.15, -0.1) is 0 Å². The smallest absolute Gasteiger partial charge is 0.303 e. The summed E-state index contributed by atoms with van der Waals surface area (Å²) in [6.07, 6.45) is 8.35. The summed E-state index contributed by atoms with van der Waals surface area (Å²) in [5.41, 5.74) is 7.95. The first-order valence-corrected chi connectivity index (χ1v) is 15.9. The van der Waals surface area contributed by atoms with Gasteiger partial charge in [0.2, 0.25) is 5.91 Å². The van der Waals surface area contributed by atoms with E-state index in [1.165, 1.54) is 5.41 Å². The molecule has 3 aliphatic heterocycles. The number of nitrogens with one attached hydrogen (secondary N) is 4. The van der Waals surface area contributed by atoms with Crippen LogP contribution in [0.5, 0.6) is 0 Å². The number of rotatable bonds is 12. The van der Waals surface area contributed by atoms with Gasteiger partial charge in [-0.3, -0.25) is 19.2 Å². The fourth-order valence-corrected chi connectivity index (χ4v) is 6.60. The van der Waals surface area contributed by atoms with Crippen molar-refractivity contribution in [2.45, 2.75) is 71.9 Å². The summed E-state index contributed by atoms with van der Waals surface area (Å²) in [6, 6.07) is -0.367. The Kier molecular flexibility index (Phi) is 10.9. The maximum absolute atomic E-state index is 12.5. The minimum absolute atomic E-state index is 0.0562. The Balaban J connectivity index is 1.74. The first-order valence-electron chi connectivity index (χ1n) is 14.8. The van der Waals surface area contributed by atoms with Gasteiger partial charge in [-0.05, 0) is 96.9 Å². The number of hydrogen-bond donors (Lipinski definition) is 8. The van der Waals surface area contributed by atoms with E-state index in [-0.39, 0.29) is 55.0 Å². The van der Waals surface area contributed by atoms with E-state index in [0.29, 0.717) is 24.1 Å². The molecule has 2 amide bonds. The van der Waals surface area contributed by atoms with Crippen molar-refractivity contribution >= 4 is 61.2 Å². The molecule has 1 unspecified atom stereocenters. The van der Waals surface area contributed by atoms with Gasteiger partial charge in [0.1, 0.15) is 0 Å². The number of aromatic amines is 1. The van der Waals surface area contributed by atoms with Gasteiger partial charge >= 0.3 is 11.9 Å². The molecule has 4 atom stereocenters. The first-order chi connectivity index (χ1) is 21.4. The van der Waals surface area contributed by atoms with E-state index < -0.39 is 11.9 Å². The van der Waals surface area contributed by atoms with Crippen molar-refractivity contribution in [3.8, 4) is 0 Å². The van der Waals surface area contributed by atoms with Gasteiger partial charge in [-0.25, -0.2) is 0 Å². The number of H-pyrrole nitrogens is 1. The van der Waals surface area contributed by atoms with Crippen molar-refractivity contribution in [3.63, 3.8) is 0 Å². The molecule has 1 aromatic rings. The van der Waals surface area contributed by atoms with Crippen LogP contribution in [0, 0.1) is 18.8 Å². The number of hydrogen-bond acceptors (Lipinski definition) is 7. The summed E-state index contributed by atoms with van der Waals surface area (Å²) >= 11 is 8.31. The van der Waals surface area contributed by atoms with Crippen LogP contribution in [0.15, 0.2) is 56.7 Å². The molecule has 0 aromatic carbocycles. The third-order valence-electron chi connectivity index (χ3n) is 8.95. The molecule has 1 saturated heterocycles. The lowest BCUT2D eigenvalue weighted by Crippen LogP contribution is -2.36. The van der Waals surface area contributed by atoms with Crippen LogP contribution >= 0.6 is 25.3 Å². The summed E-state index contributed by atoms with van der Waals surface area (Å²) in [4.78, 5) is 51.6. The zero-order chi connectivity index (χ0) is 33.0. The van der Waals surface area contributed by atoms with Crippen LogP contribution in [0.4, 0.5) is 0 Å². The van der Waals surface area contributed by atoms with Gasteiger partial charge in [0.05, 0.1) is 6.04 Å². The Morgan fingerprint density at radius 2 is 1.56 bits per heavy atom. The average molecular weight is 653 g/mol. The number of carboxylic acids is 2. The minimum Gasteiger partial charge on any atom is -0.481 e. The van der Waals surface area contributed by atoms with Crippen LogP contribution in [-0.4, -0.2) is 51.0 Å². The summed E-state index contributed by atoms with van der Waals surface area (Å²) in [7, 11) is 0. The van der Waals surface area contributed by atoms with Crippen LogP contribution in [0.2, 0.25) is 0 Å². The van der Waals surface area contributed by atoms with Crippen LogP contribution in [0.1, 0.15) is 69.0 Å². The van der Waals surface area contributed by atoms with Gasteiger partial charge in [0.15, 0.2) is 0 Å². The van der Waals surface area contributed by atoms with Crippen LogP contribution in [0.3, 0.4) is 0 Å². The predicted octanol–water partition coefficient (Wildman–Crippen LogP) is 4.65. The molecule has 12 heteroatoms. The number of aliphatic carboxylic acids is 2. The molecule has 0 radical (unpaired) electrons. The monoisotopic (exact) mass is 652 g/mol. The lowest BCUT2D eigenvalue weighted by molar-refractivity contribution is -0.138. The highest BCUT2D eigenvalue weighted by atomic mass is 32.1. The second-order valence-electron chi connectivity index (χ2n) is 11.7. The van der Waals surface area contributed by atoms with E-state index in [4.69, 9.17) is 0 Å². The molecule has 0 bridgehead atoms. The van der Waals surface area contributed by atoms with Crippen molar-refractivity contribution < 1.29 is 29.4 Å². The largest absolute Gasteiger partial charge is 0.481 e. The van der Waals surface area contributed by atoms with Gasteiger partial charge < -0.3 is 31.1 Å². The Labute approximate surface area is 273 Å². The van der Waals surface area contributed by atoms with Gasteiger partial charge in [0, 0.05) is 59.1 Å². The van der Waals surface area contributed by atoms with Crippen LogP contribution in [0.25, 0.3) is 12.2 Å². The van der Waals surface area contributed by atoms with Gasteiger partial charge in [-0.1, -0.05) is 13.0 Å². The average Bonchev–Trinajstić information content (AvgIpc) is 3.61. The third-order valence-corrected chi connectivity index (χ3v) is 9.27. The number of thiol groups is 2. The molecular formula is C33H40N4O6S2. The number of carbonyl (C=O) groups is 4. The summed E-state index contributed by atoms with van der Waals surface area (Å²) in [5, 5.41) is 31.7. The first kappa shape index (κ1) is 34.0. The standard InChI is InChI=1S/C33H40N4O6S2/c1-16-20(5-7-30(38)39)27(34-24(16)13-26-18(3)23(10-12-45)33(43)36-26)15-28-21(6-8-31(40)41)17(2)25(35-28)14-29-22(9-11-44)19(4)32(42)37-29/h9-12,14-15,19,22,24,26,34-35,44-45H,5-8,13H2,1-4H3,(H,36,43)(H,37,42)(H,38,39)(H,40,41)/b11-9+,12-10?,27-15+,29-14-/t19-,22-,24?,26-/m1/s1. The number of amides is 2. The molecular weight excluding hydrogens is 613 g/mol. The van der Waals surface area contributed by atoms with Crippen molar-refractivity contribution in [3.05, 3.63) is 79.2 Å². The van der Waals surface area contributed by atoms with Crippen molar-refractivity contribution in [2.24, 2.45) is 11.8 Å². The van der Waals surface area contributed by atoms with E-state index >= 15 is 0 Å². The van der Waals surface area contributed by atoms with E-state index in [1.54, 1.807) is 11.5 Å². The zero-order valence-corrected chi connectivity index (χ0v) is 27.5. The van der Waals surface area contributed by atoms with E-state index in [0.717, 1.165) is 44.9 Å². The highest BCUT2D eigenvalue weighted by Gasteiger charge is 2.35. The molecule has 6 N–H and O–H groups in total. The maximum Gasteiger partial charge on any atom is 0.303 e. The summed E-state index contributed by atoms with van der Waals surface area (Å²) < 4.78 is 0. The molecule has 4 heterocycles. The summed E-state index contributed by atoms with van der Waals surface area (Å²) in [6.45, 7) is 7.66. The maximum atomic E-state index is 12.5. The van der Waals surface area contributed by atoms with Gasteiger partial charge in [-0.2, -0.15) is 25.3 Å². The van der Waals surface area contributed by atoms with Crippen molar-refractivity contribution in [2.75, 3.05) is 0 Å². The number of carboxylic acid groups (broad SMARTS) is 2. The van der Waals surface area contributed by atoms with Crippen LogP contribution in [-0.2, 0) is 25.6 Å². The summed E-state index contributed by atoms with van der Waals surface area (Å²) in [5.74, 6) is -2.51. The van der Waals surface area contributed by atoms with E-state index in [2.05, 4.69) is 46.2 Å². The predicted molar refractivity (Wildman–Crippen MR) is 180 cm³/mol. The Hall–Kier alpha value is -3.90. The molecule has 45 heavy (non-hydrogen) atoms. The van der Waals surface area contributed by atoms with Crippen LogP contribution < -0.4 is 16.0 Å². The number of aromatic nitrogens is 1. The lowest BCUT2D eigenvalue weighted by Gasteiger charge is -2.20. The zero-order valence-electron chi connectivity index (χ0n) is 25.7. The number of carbonyl (C=O) groups excluding carboxylic acids is 2. The quantitative estimate of drug-likeness (QED) is 0.153. The van der Waals surface area contributed by atoms with E-state index in [9.17, 15) is 29.4 Å². The molecule has 240 valence electrons. The minimum atomic E-state index is -0.920. The SMILES string of the molecule is CC1=C(CCC(=O)O)/C(=C\c2[nH]c(/C=C3\NC(=O)[C@H](C)[C@H]3/C=C/S)c(C)c2CCC(=O)O)NC1C[C@H]1NC(=O)C(C=CS)=C1C. The molecule has 10 nitrogen and oxygen atoms in total. The Bertz CT molecular complexity index is 1600. The number of allylic oxidation sites excluding steroid dienone is 2. The third kappa shape index (κ3) is 7.50. The molecule has 1 fully saturated rings. The highest BCUT2D eigenvalue weighted by molar-refractivity contribution is 7.83. The normalized spacial score (nSPS) is 25.4. The molecule has 4 rings (SSSR count).